The van der Waals surface area contributed by atoms with Gasteiger partial charge in [-0.3, -0.25) is 10.1 Å². The van der Waals surface area contributed by atoms with E-state index >= 15 is 0 Å². The van der Waals surface area contributed by atoms with E-state index in [-0.39, 0.29) is 5.82 Å². The lowest BCUT2D eigenvalue weighted by atomic mass is 10.0. The van der Waals surface area contributed by atoms with E-state index in [0.29, 0.717) is 0 Å². The van der Waals surface area contributed by atoms with Crippen LogP contribution in [0.3, 0.4) is 0 Å². The minimum atomic E-state index is -1.42. The summed E-state index contributed by atoms with van der Waals surface area (Å²) in [5.74, 6) is 0.0271. The molecule has 1 heterocycles. The first kappa shape index (κ1) is 14.8. The highest BCUT2D eigenvalue weighted by Gasteiger charge is 2.29. The molecule has 0 spiro atoms. The zero-order valence-electron chi connectivity index (χ0n) is 9.78. The van der Waals surface area contributed by atoms with Gasteiger partial charge in [-0.1, -0.05) is 0 Å². The first-order valence-corrected chi connectivity index (χ1v) is 5.18. The van der Waals surface area contributed by atoms with Gasteiger partial charge in [0.2, 0.25) is 5.69 Å². The number of pyridine rings is 1. The van der Waals surface area contributed by atoms with Gasteiger partial charge in [0, 0.05) is 6.07 Å². The fourth-order valence-electron chi connectivity index (χ4n) is 1.29. The first-order chi connectivity index (χ1) is 9.01. The Balaban J connectivity index is 3.11. The van der Waals surface area contributed by atoms with E-state index in [2.05, 4.69) is 10.3 Å². The van der Waals surface area contributed by atoms with Gasteiger partial charge in [-0.05, 0) is 6.07 Å². The minimum Gasteiger partial charge on any atom is -0.394 e. The molecule has 0 radical (unpaired) electrons. The van der Waals surface area contributed by atoms with Crippen LogP contribution in [0.4, 0.5) is 11.5 Å². The molecule has 0 aliphatic heterocycles. The monoisotopic (exact) mass is 268 g/mol. The van der Waals surface area contributed by atoms with Crippen LogP contribution in [0, 0.1) is 21.4 Å². The Labute approximate surface area is 107 Å². The van der Waals surface area contributed by atoms with Crippen molar-refractivity contribution in [3.63, 3.8) is 0 Å². The summed E-state index contributed by atoms with van der Waals surface area (Å²) >= 11 is 0. The summed E-state index contributed by atoms with van der Waals surface area (Å²) in [5.41, 5.74) is -2.27. The summed E-state index contributed by atoms with van der Waals surface area (Å²) in [7, 11) is 0. The number of aliphatic hydroxyl groups excluding tert-OH is 3. The van der Waals surface area contributed by atoms with E-state index < -0.39 is 41.7 Å². The van der Waals surface area contributed by atoms with Crippen LogP contribution in [0.5, 0.6) is 0 Å². The maximum absolute atomic E-state index is 10.6. The molecule has 0 saturated carbocycles. The van der Waals surface area contributed by atoms with E-state index in [1.54, 1.807) is 6.07 Å². The number of hydrogen-bond donors (Lipinski definition) is 4. The number of nitrogens with zero attached hydrogens (tertiary/aromatic N) is 3. The molecule has 0 bridgehead atoms. The quantitative estimate of drug-likeness (QED) is 0.378. The second-order valence-electron chi connectivity index (χ2n) is 3.81. The van der Waals surface area contributed by atoms with Crippen molar-refractivity contribution in [2.45, 2.75) is 5.54 Å². The molecule has 0 fully saturated rings. The topological polar surface area (TPSA) is 153 Å². The van der Waals surface area contributed by atoms with Gasteiger partial charge < -0.3 is 20.6 Å². The van der Waals surface area contributed by atoms with Gasteiger partial charge in [-0.25, -0.2) is 4.98 Å². The van der Waals surface area contributed by atoms with Crippen molar-refractivity contribution < 1.29 is 20.2 Å². The third-order valence-electron chi connectivity index (χ3n) is 2.48. The third-order valence-corrected chi connectivity index (χ3v) is 2.48. The standard InChI is InChI=1S/C10H12N4O5/c11-3-7-8(14(18)19)1-2-9(12-7)13-10(4-15,5-16)6-17/h1-2,15-17H,4-6H2,(H,12,13). The van der Waals surface area contributed by atoms with Crippen molar-refractivity contribution in [3.05, 3.63) is 27.9 Å². The molecule has 1 aromatic rings. The molecule has 9 heteroatoms. The number of rotatable bonds is 6. The van der Waals surface area contributed by atoms with Gasteiger partial charge in [0.05, 0.1) is 24.7 Å². The fourth-order valence-corrected chi connectivity index (χ4v) is 1.29. The summed E-state index contributed by atoms with van der Waals surface area (Å²) in [6.45, 7) is -1.75. The van der Waals surface area contributed by atoms with Crippen molar-refractivity contribution >= 4 is 11.5 Å². The molecule has 0 atom stereocenters. The second-order valence-corrected chi connectivity index (χ2v) is 3.81. The summed E-state index contributed by atoms with van der Waals surface area (Å²) < 4.78 is 0. The number of aromatic nitrogens is 1. The third kappa shape index (κ3) is 3.14. The molecule has 0 aliphatic carbocycles. The van der Waals surface area contributed by atoms with Crippen LogP contribution < -0.4 is 5.32 Å². The lowest BCUT2D eigenvalue weighted by Crippen LogP contribution is -2.49. The molecule has 19 heavy (non-hydrogen) atoms. The largest absolute Gasteiger partial charge is 0.394 e. The molecule has 0 saturated heterocycles. The Morgan fingerprint density at radius 3 is 2.37 bits per heavy atom. The highest BCUT2D eigenvalue weighted by Crippen LogP contribution is 2.20. The number of nitrogens with one attached hydrogen (secondary N) is 1. The Morgan fingerprint density at radius 2 is 1.95 bits per heavy atom. The second kappa shape index (κ2) is 6.05. The van der Waals surface area contributed by atoms with E-state index in [1.165, 1.54) is 6.07 Å². The van der Waals surface area contributed by atoms with E-state index in [0.717, 1.165) is 6.07 Å². The summed E-state index contributed by atoms with van der Waals surface area (Å²) in [6.07, 6.45) is 0. The predicted octanol–water partition coefficient (Wildman–Crippen LogP) is -1.01. The lowest BCUT2D eigenvalue weighted by molar-refractivity contribution is -0.385. The Kier molecular flexibility index (Phi) is 4.71. The van der Waals surface area contributed by atoms with Crippen LogP contribution >= 0.6 is 0 Å². The lowest BCUT2D eigenvalue weighted by Gasteiger charge is -2.29. The van der Waals surface area contributed by atoms with E-state index in [9.17, 15) is 10.1 Å². The number of anilines is 1. The normalized spacial score (nSPS) is 10.8. The number of aliphatic hydroxyl groups is 3. The van der Waals surface area contributed by atoms with Crippen LogP contribution in [-0.4, -0.2) is 50.6 Å². The van der Waals surface area contributed by atoms with Crippen molar-refractivity contribution in [1.82, 2.24) is 4.98 Å². The molecule has 9 nitrogen and oxygen atoms in total. The zero-order valence-corrected chi connectivity index (χ0v) is 9.78. The molecule has 0 unspecified atom stereocenters. The Morgan fingerprint density at radius 1 is 1.37 bits per heavy atom. The molecule has 0 aromatic carbocycles. The van der Waals surface area contributed by atoms with Crippen molar-refractivity contribution in [2.75, 3.05) is 25.1 Å². The molecule has 102 valence electrons. The summed E-state index contributed by atoms with van der Waals surface area (Å²) in [5, 5.41) is 49.3. The van der Waals surface area contributed by atoms with Gasteiger partial charge in [-0.2, -0.15) is 5.26 Å². The van der Waals surface area contributed by atoms with Gasteiger partial charge in [0.25, 0.3) is 0 Å². The Hall–Kier alpha value is -2.28. The summed E-state index contributed by atoms with van der Waals surface area (Å²) in [4.78, 5) is 13.6. The van der Waals surface area contributed by atoms with Crippen LogP contribution in [-0.2, 0) is 0 Å². The van der Waals surface area contributed by atoms with Crippen LogP contribution in [0.1, 0.15) is 5.69 Å². The maximum atomic E-state index is 10.6. The summed E-state index contributed by atoms with van der Waals surface area (Å²) in [6, 6.07) is 3.87. The highest BCUT2D eigenvalue weighted by atomic mass is 16.6. The van der Waals surface area contributed by atoms with Crippen LogP contribution in [0.2, 0.25) is 0 Å². The minimum absolute atomic E-state index is 0.0271. The zero-order chi connectivity index (χ0) is 14.5. The maximum Gasteiger partial charge on any atom is 0.305 e. The molecule has 0 aliphatic rings. The van der Waals surface area contributed by atoms with Gasteiger partial charge in [-0.15, -0.1) is 0 Å². The molecule has 1 aromatic heterocycles. The van der Waals surface area contributed by atoms with Crippen LogP contribution in [0.15, 0.2) is 12.1 Å². The van der Waals surface area contributed by atoms with Crippen molar-refractivity contribution in [3.8, 4) is 6.07 Å². The average Bonchev–Trinajstić information content (AvgIpc) is 2.44. The van der Waals surface area contributed by atoms with Gasteiger partial charge >= 0.3 is 5.69 Å². The Bertz CT molecular complexity index is 501. The number of hydrogen-bond acceptors (Lipinski definition) is 8. The van der Waals surface area contributed by atoms with E-state index in [4.69, 9.17) is 20.6 Å². The molecular weight excluding hydrogens is 256 g/mol. The number of nitro groups is 1. The molecule has 1 rings (SSSR count). The number of nitriles is 1. The van der Waals surface area contributed by atoms with E-state index in [1.807, 2.05) is 0 Å². The molecule has 0 amide bonds. The van der Waals surface area contributed by atoms with Gasteiger partial charge in [0.1, 0.15) is 17.4 Å². The first-order valence-electron chi connectivity index (χ1n) is 5.18. The van der Waals surface area contributed by atoms with Crippen molar-refractivity contribution in [2.24, 2.45) is 0 Å². The molecular formula is C10H12N4O5. The van der Waals surface area contributed by atoms with Crippen LogP contribution in [0.25, 0.3) is 0 Å². The molecule has 4 N–H and O–H groups in total. The van der Waals surface area contributed by atoms with Gasteiger partial charge in [0.15, 0.2) is 0 Å². The average molecular weight is 268 g/mol. The van der Waals surface area contributed by atoms with Crippen molar-refractivity contribution in [1.29, 1.82) is 5.26 Å². The smallest absolute Gasteiger partial charge is 0.305 e. The SMILES string of the molecule is N#Cc1nc(NC(CO)(CO)CO)ccc1[N+](=O)[O-]. The fraction of sp³-hybridized carbons (Fsp3) is 0.400. The highest BCUT2D eigenvalue weighted by molar-refractivity contribution is 5.51. The predicted molar refractivity (Wildman–Crippen MR) is 63.2 cm³/mol.